The van der Waals surface area contributed by atoms with Gasteiger partial charge in [-0.3, -0.25) is 4.79 Å². The van der Waals surface area contributed by atoms with Gasteiger partial charge in [-0.25, -0.2) is 0 Å². The second-order valence-corrected chi connectivity index (χ2v) is 7.60. The van der Waals surface area contributed by atoms with Crippen LogP contribution in [0.4, 0.5) is 0 Å². The lowest BCUT2D eigenvalue weighted by Gasteiger charge is -2.06. The smallest absolute Gasteiger partial charge is 0.279 e. The number of carbonyl (C=O) groups is 1. The molecule has 1 heterocycles. The van der Waals surface area contributed by atoms with E-state index in [2.05, 4.69) is 34.7 Å². The third-order valence-corrected chi connectivity index (χ3v) is 5.66. The number of amides is 1. The van der Waals surface area contributed by atoms with Crippen molar-refractivity contribution in [3.8, 4) is 0 Å². The Morgan fingerprint density at radius 3 is 2.62 bits per heavy atom. The van der Waals surface area contributed by atoms with Crippen molar-refractivity contribution < 1.29 is 4.79 Å². The molecular formula is C20H20N2OS. The molecule has 24 heavy (non-hydrogen) atoms. The molecule has 0 atom stereocenters. The minimum atomic E-state index is -0.151. The van der Waals surface area contributed by atoms with Gasteiger partial charge in [-0.2, -0.15) is 4.99 Å². The Morgan fingerprint density at radius 1 is 1.12 bits per heavy atom. The lowest BCUT2D eigenvalue weighted by Crippen LogP contribution is -2.18. The molecule has 0 bridgehead atoms. The van der Waals surface area contributed by atoms with Crippen LogP contribution in [0.3, 0.4) is 0 Å². The molecule has 3 aromatic rings. The average molecular weight is 336 g/mol. The van der Waals surface area contributed by atoms with Crippen molar-refractivity contribution in [2.75, 3.05) is 0 Å². The highest BCUT2D eigenvalue weighted by Crippen LogP contribution is 2.32. The zero-order valence-corrected chi connectivity index (χ0v) is 14.8. The fraction of sp³-hybridized carbons (Fsp3) is 0.300. The van der Waals surface area contributed by atoms with Gasteiger partial charge in [0.25, 0.3) is 5.91 Å². The summed E-state index contributed by atoms with van der Waals surface area (Å²) in [5.74, 6) is 0.580. The maximum Gasteiger partial charge on any atom is 0.279 e. The van der Waals surface area contributed by atoms with E-state index in [-0.39, 0.29) is 5.91 Å². The van der Waals surface area contributed by atoms with Gasteiger partial charge in [-0.1, -0.05) is 41.7 Å². The van der Waals surface area contributed by atoms with E-state index in [1.807, 2.05) is 31.2 Å². The highest BCUT2D eigenvalue weighted by Gasteiger charge is 2.24. The molecule has 0 spiro atoms. The molecule has 0 N–H and O–H groups in total. The highest BCUT2D eigenvalue weighted by atomic mass is 32.1. The number of aryl methyl sites for hydroxylation is 2. The minimum absolute atomic E-state index is 0.151. The summed E-state index contributed by atoms with van der Waals surface area (Å²) in [4.78, 5) is 18.0. The van der Waals surface area contributed by atoms with Gasteiger partial charge in [0.05, 0.1) is 10.2 Å². The molecule has 122 valence electrons. The number of fused-ring (bicyclic) bond motifs is 1. The Hall–Kier alpha value is -2.20. The van der Waals surface area contributed by atoms with Crippen LogP contribution >= 0.6 is 11.3 Å². The number of hydrogen-bond donors (Lipinski definition) is 0. The molecule has 1 aliphatic carbocycles. The maximum absolute atomic E-state index is 12.7. The van der Waals surface area contributed by atoms with Crippen LogP contribution in [-0.4, -0.2) is 10.5 Å². The molecule has 0 radical (unpaired) electrons. The summed E-state index contributed by atoms with van der Waals surface area (Å²) in [6.45, 7) is 5.05. The van der Waals surface area contributed by atoms with Gasteiger partial charge in [0.1, 0.15) is 0 Å². The van der Waals surface area contributed by atoms with Gasteiger partial charge in [-0.05, 0) is 55.9 Å². The lowest BCUT2D eigenvalue weighted by molar-refractivity contribution is 0.0997. The van der Waals surface area contributed by atoms with Gasteiger partial charge in [-0.15, -0.1) is 0 Å². The number of carbonyl (C=O) groups excluding carboxylic acids is 1. The Kier molecular flexibility index (Phi) is 3.85. The van der Waals surface area contributed by atoms with E-state index >= 15 is 0 Å². The number of hydrogen-bond acceptors (Lipinski definition) is 2. The zero-order valence-electron chi connectivity index (χ0n) is 14.0. The molecule has 3 nitrogen and oxygen atoms in total. The zero-order chi connectivity index (χ0) is 16.7. The van der Waals surface area contributed by atoms with Gasteiger partial charge >= 0.3 is 0 Å². The lowest BCUT2D eigenvalue weighted by atomic mass is 10.1. The van der Waals surface area contributed by atoms with E-state index in [0.29, 0.717) is 5.56 Å². The van der Waals surface area contributed by atoms with Crippen molar-refractivity contribution in [1.82, 2.24) is 4.57 Å². The number of benzene rings is 2. The fourth-order valence-corrected chi connectivity index (χ4v) is 4.20. The second kappa shape index (κ2) is 6.02. The first-order chi connectivity index (χ1) is 11.6. The van der Waals surface area contributed by atoms with Crippen LogP contribution in [0.25, 0.3) is 10.2 Å². The summed E-state index contributed by atoms with van der Waals surface area (Å²) in [5.41, 5.74) is 4.13. The van der Waals surface area contributed by atoms with Gasteiger partial charge in [0, 0.05) is 12.1 Å². The van der Waals surface area contributed by atoms with E-state index in [9.17, 15) is 4.79 Å². The van der Waals surface area contributed by atoms with E-state index in [1.165, 1.54) is 28.6 Å². The number of rotatable bonds is 3. The van der Waals surface area contributed by atoms with E-state index < -0.39 is 0 Å². The van der Waals surface area contributed by atoms with Gasteiger partial charge in [0.15, 0.2) is 4.80 Å². The molecule has 1 fully saturated rings. The summed E-state index contributed by atoms with van der Waals surface area (Å²) in [7, 11) is 0. The average Bonchev–Trinajstić information content (AvgIpc) is 3.31. The molecule has 4 heteroatoms. The molecule has 1 amide bonds. The molecule has 0 unspecified atom stereocenters. The van der Waals surface area contributed by atoms with E-state index in [1.54, 1.807) is 11.3 Å². The Bertz CT molecular complexity index is 992. The summed E-state index contributed by atoms with van der Waals surface area (Å²) < 4.78 is 3.45. The number of aromatic nitrogens is 1. The monoisotopic (exact) mass is 336 g/mol. The fourth-order valence-electron chi connectivity index (χ4n) is 3.08. The summed E-state index contributed by atoms with van der Waals surface area (Å²) in [6, 6.07) is 14.0. The first-order valence-electron chi connectivity index (χ1n) is 8.37. The molecule has 2 aromatic carbocycles. The van der Waals surface area contributed by atoms with Crippen LogP contribution in [0.2, 0.25) is 0 Å². The molecule has 0 saturated heterocycles. The molecule has 0 aliphatic heterocycles. The molecule has 1 saturated carbocycles. The number of thiazole rings is 1. The van der Waals surface area contributed by atoms with Crippen LogP contribution in [0.1, 0.15) is 34.3 Å². The summed E-state index contributed by atoms with van der Waals surface area (Å²) in [6.07, 6.45) is 2.56. The van der Waals surface area contributed by atoms with Crippen LogP contribution in [0.5, 0.6) is 0 Å². The summed E-state index contributed by atoms with van der Waals surface area (Å²) in [5, 5.41) is 0. The van der Waals surface area contributed by atoms with Crippen LogP contribution in [-0.2, 0) is 6.54 Å². The SMILES string of the molecule is Cc1ccccc1C(=O)N=c1sc2cccc(C)c2n1CC1CC1. The summed E-state index contributed by atoms with van der Waals surface area (Å²) >= 11 is 1.61. The quantitative estimate of drug-likeness (QED) is 0.695. The maximum atomic E-state index is 12.7. The van der Waals surface area contributed by atoms with Crippen molar-refractivity contribution in [3.05, 3.63) is 64.0 Å². The molecule has 1 aromatic heterocycles. The van der Waals surface area contributed by atoms with Gasteiger partial charge in [0.2, 0.25) is 0 Å². The van der Waals surface area contributed by atoms with Crippen LogP contribution in [0, 0.1) is 19.8 Å². The predicted molar refractivity (Wildman–Crippen MR) is 98.3 cm³/mol. The predicted octanol–water partition coefficient (Wildman–Crippen LogP) is 4.47. The number of nitrogens with zero attached hydrogens (tertiary/aromatic N) is 2. The molecule has 4 rings (SSSR count). The first kappa shape index (κ1) is 15.3. The largest absolute Gasteiger partial charge is 0.316 e. The van der Waals surface area contributed by atoms with Crippen LogP contribution < -0.4 is 4.80 Å². The van der Waals surface area contributed by atoms with Gasteiger partial charge < -0.3 is 4.57 Å². The normalized spacial score (nSPS) is 15.2. The third kappa shape index (κ3) is 2.82. The van der Waals surface area contributed by atoms with Crippen LogP contribution in [0.15, 0.2) is 47.5 Å². The molecule has 1 aliphatic rings. The number of para-hydroxylation sites is 1. The molecular weight excluding hydrogens is 316 g/mol. The topological polar surface area (TPSA) is 34.4 Å². The third-order valence-electron chi connectivity index (χ3n) is 4.61. The Labute approximate surface area is 145 Å². The van der Waals surface area contributed by atoms with Crippen molar-refractivity contribution in [1.29, 1.82) is 0 Å². The Morgan fingerprint density at radius 2 is 1.88 bits per heavy atom. The Balaban J connectivity index is 1.87. The van der Waals surface area contributed by atoms with Crippen molar-refractivity contribution in [3.63, 3.8) is 0 Å². The highest BCUT2D eigenvalue weighted by molar-refractivity contribution is 7.16. The van der Waals surface area contributed by atoms with E-state index in [0.717, 1.165) is 22.8 Å². The second-order valence-electron chi connectivity index (χ2n) is 6.59. The first-order valence-corrected chi connectivity index (χ1v) is 9.19. The van der Waals surface area contributed by atoms with Crippen molar-refractivity contribution >= 4 is 27.5 Å². The van der Waals surface area contributed by atoms with Crippen molar-refractivity contribution in [2.24, 2.45) is 10.9 Å². The standard InChI is InChI=1S/C20H20N2OS/c1-13-6-3-4-8-16(13)19(23)21-20-22(12-15-10-11-15)18-14(2)7-5-9-17(18)24-20/h3-9,15H,10-12H2,1-2H3. The minimum Gasteiger partial charge on any atom is -0.316 e. The van der Waals surface area contributed by atoms with Crippen molar-refractivity contribution in [2.45, 2.75) is 33.2 Å². The van der Waals surface area contributed by atoms with E-state index in [4.69, 9.17) is 0 Å².